The molecule has 0 fully saturated rings. The minimum Gasteiger partial charge on any atom is -0.465 e. The number of aryl methyl sites for hydroxylation is 1. The highest BCUT2D eigenvalue weighted by Gasteiger charge is 2.31. The summed E-state index contributed by atoms with van der Waals surface area (Å²) in [5, 5.41) is 9.78. The van der Waals surface area contributed by atoms with Gasteiger partial charge in [0.1, 0.15) is 5.82 Å². The molecule has 5 nitrogen and oxygen atoms in total. The number of hydrogen-bond acceptors (Lipinski definition) is 2. The predicted octanol–water partition coefficient (Wildman–Crippen LogP) is 6.42. The molecular weight excluding hydrogens is 374 g/mol. The fourth-order valence-electron chi connectivity index (χ4n) is 3.98. The number of anilines is 1. The van der Waals surface area contributed by atoms with Gasteiger partial charge in [0.15, 0.2) is 0 Å². The van der Waals surface area contributed by atoms with Gasteiger partial charge in [0.05, 0.1) is 11.0 Å². The highest BCUT2D eigenvalue weighted by molar-refractivity contribution is 5.87. The van der Waals surface area contributed by atoms with E-state index in [1.165, 1.54) is 10.5 Å². The van der Waals surface area contributed by atoms with Crippen molar-refractivity contribution in [3.63, 3.8) is 0 Å². The van der Waals surface area contributed by atoms with Crippen LogP contribution in [0.2, 0.25) is 0 Å². The lowest BCUT2D eigenvalue weighted by molar-refractivity contribution is 0.193. The number of amides is 1. The van der Waals surface area contributed by atoms with Crippen molar-refractivity contribution in [2.75, 3.05) is 4.90 Å². The Morgan fingerprint density at radius 1 is 1.13 bits per heavy atom. The summed E-state index contributed by atoms with van der Waals surface area (Å²) in [5.74, 6) is 1.02. The fourth-order valence-corrected chi connectivity index (χ4v) is 3.98. The van der Waals surface area contributed by atoms with Gasteiger partial charge in [-0.2, -0.15) is 0 Å². The molecule has 1 amide bonds. The summed E-state index contributed by atoms with van der Waals surface area (Å²) < 4.78 is 2.23. The molecule has 3 aromatic rings. The molecule has 0 aliphatic rings. The molecular formula is C25H31N3O2. The molecule has 0 bridgehead atoms. The van der Waals surface area contributed by atoms with Gasteiger partial charge in [-0.05, 0) is 71.2 Å². The second kappa shape index (κ2) is 9.16. The zero-order valence-corrected chi connectivity index (χ0v) is 18.3. The van der Waals surface area contributed by atoms with Crippen molar-refractivity contribution >= 4 is 22.8 Å². The summed E-state index contributed by atoms with van der Waals surface area (Å²) in [6.07, 6.45) is 3.99. The van der Waals surface area contributed by atoms with E-state index in [0.29, 0.717) is 5.69 Å². The molecule has 0 radical (unpaired) electrons. The van der Waals surface area contributed by atoms with Crippen LogP contribution in [0.3, 0.4) is 0 Å². The maximum atomic E-state index is 11.9. The van der Waals surface area contributed by atoms with Crippen molar-refractivity contribution < 1.29 is 9.90 Å². The Hall–Kier alpha value is -3.08. The third kappa shape index (κ3) is 4.90. The number of imidazole rings is 1. The number of rotatable bonds is 8. The Morgan fingerprint density at radius 3 is 2.50 bits per heavy atom. The van der Waals surface area contributed by atoms with Gasteiger partial charge in [-0.1, -0.05) is 42.0 Å². The minimum atomic E-state index is -0.916. The van der Waals surface area contributed by atoms with E-state index in [1.807, 2.05) is 69.3 Å². The van der Waals surface area contributed by atoms with Crippen LogP contribution < -0.4 is 4.90 Å². The molecule has 1 heterocycles. The first-order valence-corrected chi connectivity index (χ1v) is 10.5. The van der Waals surface area contributed by atoms with Crippen LogP contribution in [-0.4, -0.2) is 26.3 Å². The molecule has 0 aliphatic heterocycles. The number of allylic oxidation sites excluding steroid dienone is 2. The Bertz CT molecular complexity index is 1030. The van der Waals surface area contributed by atoms with Crippen LogP contribution in [0.4, 0.5) is 10.5 Å². The van der Waals surface area contributed by atoms with Crippen LogP contribution in [0, 0.1) is 6.92 Å². The number of aromatic nitrogens is 2. The molecule has 0 aliphatic carbocycles. The van der Waals surface area contributed by atoms with Crippen molar-refractivity contribution in [1.82, 2.24) is 9.55 Å². The highest BCUT2D eigenvalue weighted by atomic mass is 16.4. The van der Waals surface area contributed by atoms with E-state index in [9.17, 15) is 9.90 Å². The van der Waals surface area contributed by atoms with Crippen LogP contribution >= 0.6 is 0 Å². The molecule has 1 aromatic heterocycles. The number of hydrogen-bond donors (Lipinski definition) is 1. The van der Waals surface area contributed by atoms with Crippen molar-refractivity contribution in [3.05, 3.63) is 72.1 Å². The second-order valence-corrected chi connectivity index (χ2v) is 8.43. The first-order chi connectivity index (χ1) is 14.3. The van der Waals surface area contributed by atoms with Gasteiger partial charge in [0.2, 0.25) is 0 Å². The van der Waals surface area contributed by atoms with Gasteiger partial charge in [-0.25, -0.2) is 9.78 Å². The highest BCUT2D eigenvalue weighted by Crippen LogP contribution is 2.29. The first kappa shape index (κ1) is 21.6. The van der Waals surface area contributed by atoms with Gasteiger partial charge in [0.25, 0.3) is 0 Å². The van der Waals surface area contributed by atoms with E-state index in [1.54, 1.807) is 0 Å². The zero-order chi connectivity index (χ0) is 21.7. The molecule has 0 saturated carbocycles. The van der Waals surface area contributed by atoms with Crippen LogP contribution in [0.25, 0.3) is 11.0 Å². The third-order valence-corrected chi connectivity index (χ3v) is 5.64. The lowest BCUT2D eigenvalue weighted by Gasteiger charge is -2.36. The predicted molar refractivity (Wildman–Crippen MR) is 123 cm³/mol. The SMILES string of the molecule is CC(=CCn1c(C)nc2ccccc21)CCCC(C)(C)N(C(=O)O)c1ccccc1. The van der Waals surface area contributed by atoms with Crippen LogP contribution in [0.1, 0.15) is 45.9 Å². The summed E-state index contributed by atoms with van der Waals surface area (Å²) >= 11 is 0. The molecule has 1 N–H and O–H groups in total. The van der Waals surface area contributed by atoms with Gasteiger partial charge in [-0.15, -0.1) is 0 Å². The Labute approximate surface area is 178 Å². The number of carboxylic acid groups (broad SMARTS) is 1. The Morgan fingerprint density at radius 2 is 1.80 bits per heavy atom. The molecule has 2 aromatic carbocycles. The summed E-state index contributed by atoms with van der Waals surface area (Å²) in [5.41, 5.74) is 3.72. The van der Waals surface area contributed by atoms with Crippen LogP contribution in [-0.2, 0) is 6.54 Å². The van der Waals surface area contributed by atoms with Gasteiger partial charge in [-0.3, -0.25) is 4.90 Å². The van der Waals surface area contributed by atoms with E-state index in [2.05, 4.69) is 28.6 Å². The monoisotopic (exact) mass is 405 g/mol. The molecule has 5 heteroatoms. The summed E-state index contributed by atoms with van der Waals surface area (Å²) in [7, 11) is 0. The number of para-hydroxylation sites is 3. The number of nitrogens with zero attached hydrogens (tertiary/aromatic N) is 3. The normalized spacial score (nSPS) is 12.3. The van der Waals surface area contributed by atoms with Crippen LogP contribution in [0.15, 0.2) is 66.2 Å². The van der Waals surface area contributed by atoms with Crippen molar-refractivity contribution in [3.8, 4) is 0 Å². The quantitative estimate of drug-likeness (QED) is 0.440. The lowest BCUT2D eigenvalue weighted by atomic mass is 9.93. The number of fused-ring (bicyclic) bond motifs is 1. The summed E-state index contributed by atoms with van der Waals surface area (Å²) in [4.78, 5) is 18.0. The maximum absolute atomic E-state index is 11.9. The van der Waals surface area contributed by atoms with Gasteiger partial charge in [0, 0.05) is 17.8 Å². The molecule has 0 spiro atoms. The minimum absolute atomic E-state index is 0.482. The summed E-state index contributed by atoms with van der Waals surface area (Å²) in [6.45, 7) is 8.97. The van der Waals surface area contributed by atoms with E-state index >= 15 is 0 Å². The average molecular weight is 406 g/mol. The van der Waals surface area contributed by atoms with Gasteiger partial charge >= 0.3 is 6.09 Å². The molecule has 0 saturated heterocycles. The summed E-state index contributed by atoms with van der Waals surface area (Å²) in [6, 6.07) is 17.5. The number of carbonyl (C=O) groups is 1. The van der Waals surface area contributed by atoms with E-state index in [-0.39, 0.29) is 0 Å². The number of benzene rings is 2. The molecule has 158 valence electrons. The Balaban J connectivity index is 1.61. The van der Waals surface area contributed by atoms with E-state index < -0.39 is 11.6 Å². The van der Waals surface area contributed by atoms with E-state index in [0.717, 1.165) is 42.7 Å². The van der Waals surface area contributed by atoms with Crippen molar-refractivity contribution in [2.24, 2.45) is 0 Å². The van der Waals surface area contributed by atoms with Crippen molar-refractivity contribution in [2.45, 2.75) is 59.0 Å². The zero-order valence-electron chi connectivity index (χ0n) is 18.3. The Kier molecular flexibility index (Phi) is 6.60. The molecule has 0 unspecified atom stereocenters. The second-order valence-electron chi connectivity index (χ2n) is 8.43. The van der Waals surface area contributed by atoms with E-state index in [4.69, 9.17) is 0 Å². The van der Waals surface area contributed by atoms with Crippen LogP contribution in [0.5, 0.6) is 0 Å². The van der Waals surface area contributed by atoms with Gasteiger partial charge < -0.3 is 9.67 Å². The molecule has 3 rings (SSSR count). The standard InChI is InChI=1S/C25H31N3O2/c1-19(16-18-27-20(2)26-22-14-8-9-15-23(22)27)11-10-17-25(3,4)28(24(29)30)21-12-6-5-7-13-21/h5-9,12-16H,10-11,17-18H2,1-4H3,(H,29,30). The lowest BCUT2D eigenvalue weighted by Crippen LogP contribution is -2.47. The topological polar surface area (TPSA) is 58.4 Å². The fraction of sp³-hybridized carbons (Fsp3) is 0.360. The third-order valence-electron chi connectivity index (χ3n) is 5.64. The first-order valence-electron chi connectivity index (χ1n) is 10.5. The average Bonchev–Trinajstić information content (AvgIpc) is 3.01. The molecule has 0 atom stereocenters. The smallest absolute Gasteiger partial charge is 0.412 e. The maximum Gasteiger partial charge on any atom is 0.412 e. The largest absolute Gasteiger partial charge is 0.465 e. The van der Waals surface area contributed by atoms with Crippen molar-refractivity contribution in [1.29, 1.82) is 0 Å². The molecule has 30 heavy (non-hydrogen) atoms.